The standard InChI is InChI=1S/C26H25N3OS2/c1-26(2)15-19-23(21(30)16-26)24(22-13-8-14-32-22)29(20-12-7-6-11-18(20)28-19)25(31)27-17-9-4-3-5-10-17/h3-14,24,28H,15-16H2,1-2H3,(H,27,31). The molecule has 3 aromatic rings. The van der Waals surface area contributed by atoms with Crippen LogP contribution in [0.25, 0.3) is 0 Å². The van der Waals surface area contributed by atoms with Crippen LogP contribution in [0.4, 0.5) is 17.1 Å². The summed E-state index contributed by atoms with van der Waals surface area (Å²) in [5.41, 5.74) is 4.57. The molecule has 1 aliphatic heterocycles. The summed E-state index contributed by atoms with van der Waals surface area (Å²) in [6.07, 6.45) is 1.34. The molecule has 2 aromatic carbocycles. The van der Waals surface area contributed by atoms with E-state index in [1.165, 1.54) is 0 Å². The molecule has 0 fully saturated rings. The third-order valence-corrected chi connectivity index (χ3v) is 7.18. The first kappa shape index (κ1) is 20.9. The molecule has 5 rings (SSSR count). The Morgan fingerprint density at radius 1 is 1.06 bits per heavy atom. The predicted molar refractivity (Wildman–Crippen MR) is 137 cm³/mol. The Morgan fingerprint density at radius 2 is 1.81 bits per heavy atom. The van der Waals surface area contributed by atoms with Gasteiger partial charge in [0, 0.05) is 28.3 Å². The van der Waals surface area contributed by atoms with E-state index in [0.717, 1.165) is 39.6 Å². The average molecular weight is 460 g/mol. The van der Waals surface area contributed by atoms with Crippen molar-refractivity contribution in [1.29, 1.82) is 0 Å². The second-order valence-electron chi connectivity index (χ2n) is 9.06. The fourth-order valence-corrected chi connectivity index (χ4v) is 5.78. The van der Waals surface area contributed by atoms with E-state index in [9.17, 15) is 4.79 Å². The van der Waals surface area contributed by atoms with Gasteiger partial charge in [-0.2, -0.15) is 0 Å². The van der Waals surface area contributed by atoms with Gasteiger partial charge in [-0.05, 0) is 59.8 Å². The number of para-hydroxylation sites is 3. The number of rotatable bonds is 2. The van der Waals surface area contributed by atoms with Gasteiger partial charge >= 0.3 is 0 Å². The van der Waals surface area contributed by atoms with Gasteiger partial charge in [0.05, 0.1) is 11.4 Å². The number of thiocarbonyl (C=S) groups is 1. The lowest BCUT2D eigenvalue weighted by Crippen LogP contribution is -2.41. The number of carbonyl (C=O) groups excluding carboxylic acids is 1. The van der Waals surface area contributed by atoms with Crippen molar-refractivity contribution in [2.75, 3.05) is 15.5 Å². The molecular formula is C26H25N3OS2. The Balaban J connectivity index is 1.70. The smallest absolute Gasteiger partial charge is 0.178 e. The first-order valence-corrected chi connectivity index (χ1v) is 12.0. The van der Waals surface area contributed by atoms with Gasteiger partial charge in [0.1, 0.15) is 6.04 Å². The number of nitrogens with zero attached hydrogens (tertiary/aromatic N) is 1. The van der Waals surface area contributed by atoms with E-state index in [4.69, 9.17) is 12.2 Å². The zero-order valence-electron chi connectivity index (χ0n) is 18.1. The first-order valence-electron chi connectivity index (χ1n) is 10.7. The number of hydrogen-bond acceptors (Lipinski definition) is 4. The van der Waals surface area contributed by atoms with Crippen LogP contribution in [-0.4, -0.2) is 10.9 Å². The zero-order valence-corrected chi connectivity index (χ0v) is 19.7. The van der Waals surface area contributed by atoms with Crippen molar-refractivity contribution in [2.24, 2.45) is 5.41 Å². The molecule has 2 N–H and O–H groups in total. The monoisotopic (exact) mass is 459 g/mol. The third-order valence-electron chi connectivity index (χ3n) is 5.96. The van der Waals surface area contributed by atoms with E-state index < -0.39 is 0 Å². The lowest BCUT2D eigenvalue weighted by atomic mass is 9.74. The number of ketones is 1. The van der Waals surface area contributed by atoms with E-state index in [-0.39, 0.29) is 17.2 Å². The number of anilines is 3. The molecule has 1 unspecified atom stereocenters. The Kier molecular flexibility index (Phi) is 5.35. The minimum Gasteiger partial charge on any atom is -0.357 e. The number of benzene rings is 2. The largest absolute Gasteiger partial charge is 0.357 e. The Morgan fingerprint density at radius 3 is 2.56 bits per heavy atom. The molecule has 0 saturated heterocycles. The summed E-state index contributed by atoms with van der Waals surface area (Å²) in [6.45, 7) is 4.32. The number of thiophene rings is 1. The quantitative estimate of drug-likeness (QED) is 0.415. The molecule has 1 aromatic heterocycles. The van der Waals surface area contributed by atoms with Crippen LogP contribution >= 0.6 is 23.6 Å². The molecule has 0 saturated carbocycles. The number of carbonyl (C=O) groups is 1. The van der Waals surface area contributed by atoms with Crippen LogP contribution in [0.2, 0.25) is 0 Å². The number of fused-ring (bicyclic) bond motifs is 1. The number of nitrogens with one attached hydrogen (secondary N) is 2. The molecule has 162 valence electrons. The van der Waals surface area contributed by atoms with E-state index in [1.54, 1.807) is 11.3 Å². The van der Waals surface area contributed by atoms with Crippen molar-refractivity contribution in [3.63, 3.8) is 0 Å². The average Bonchev–Trinajstić information content (AvgIpc) is 3.23. The summed E-state index contributed by atoms with van der Waals surface area (Å²) in [6, 6.07) is 21.9. The number of Topliss-reactive ketones (excluding diaryl/α,β-unsaturated/α-hetero) is 1. The summed E-state index contributed by atoms with van der Waals surface area (Å²) in [5, 5.41) is 9.65. The molecular weight excluding hydrogens is 434 g/mol. The van der Waals surface area contributed by atoms with Crippen LogP contribution in [0.1, 0.15) is 37.6 Å². The van der Waals surface area contributed by atoms with Gasteiger partial charge in [-0.25, -0.2) is 0 Å². The fourth-order valence-electron chi connectivity index (χ4n) is 4.63. The Hall–Kier alpha value is -2.96. The second kappa shape index (κ2) is 8.19. The van der Waals surface area contributed by atoms with Gasteiger partial charge in [0.25, 0.3) is 0 Å². The molecule has 2 heterocycles. The van der Waals surface area contributed by atoms with E-state index in [2.05, 4.69) is 53.0 Å². The molecule has 1 aliphatic carbocycles. The van der Waals surface area contributed by atoms with Crippen LogP contribution in [0.15, 0.2) is 83.4 Å². The summed E-state index contributed by atoms with van der Waals surface area (Å²) < 4.78 is 0. The van der Waals surface area contributed by atoms with Crippen molar-refractivity contribution in [1.82, 2.24) is 0 Å². The fraction of sp³-hybridized carbons (Fsp3) is 0.231. The molecule has 6 heteroatoms. The second-order valence-corrected chi connectivity index (χ2v) is 10.4. The number of hydrogen-bond donors (Lipinski definition) is 2. The first-order chi connectivity index (χ1) is 15.4. The zero-order chi connectivity index (χ0) is 22.3. The molecule has 2 aliphatic rings. The minimum atomic E-state index is -0.284. The summed E-state index contributed by atoms with van der Waals surface area (Å²) in [4.78, 5) is 16.8. The highest BCUT2D eigenvalue weighted by molar-refractivity contribution is 7.80. The third kappa shape index (κ3) is 3.85. The topological polar surface area (TPSA) is 44.4 Å². The van der Waals surface area contributed by atoms with Crippen LogP contribution in [0.5, 0.6) is 0 Å². The summed E-state index contributed by atoms with van der Waals surface area (Å²) in [7, 11) is 0. The lowest BCUT2D eigenvalue weighted by molar-refractivity contribution is -0.118. The van der Waals surface area contributed by atoms with Crippen LogP contribution in [-0.2, 0) is 4.79 Å². The highest BCUT2D eigenvalue weighted by Gasteiger charge is 2.42. The van der Waals surface area contributed by atoms with Crippen LogP contribution in [0.3, 0.4) is 0 Å². The Bertz CT molecular complexity index is 1200. The van der Waals surface area contributed by atoms with E-state index in [0.29, 0.717) is 11.5 Å². The van der Waals surface area contributed by atoms with Gasteiger partial charge in [-0.15, -0.1) is 11.3 Å². The maximum atomic E-state index is 13.6. The molecule has 0 bridgehead atoms. The van der Waals surface area contributed by atoms with Gasteiger partial charge in [-0.3, -0.25) is 4.79 Å². The molecule has 0 amide bonds. The van der Waals surface area contributed by atoms with Gasteiger partial charge in [-0.1, -0.05) is 50.2 Å². The minimum absolute atomic E-state index is 0.0875. The van der Waals surface area contributed by atoms with Gasteiger partial charge in [0.15, 0.2) is 10.9 Å². The maximum Gasteiger partial charge on any atom is 0.178 e. The van der Waals surface area contributed by atoms with E-state index in [1.807, 2.05) is 48.5 Å². The molecule has 0 spiro atoms. The van der Waals surface area contributed by atoms with E-state index >= 15 is 0 Å². The van der Waals surface area contributed by atoms with Crippen molar-refractivity contribution in [3.8, 4) is 0 Å². The highest BCUT2D eigenvalue weighted by Crippen LogP contribution is 2.49. The lowest BCUT2D eigenvalue weighted by Gasteiger charge is -2.37. The maximum absolute atomic E-state index is 13.6. The summed E-state index contributed by atoms with van der Waals surface area (Å²) in [5.74, 6) is 0.183. The van der Waals surface area contributed by atoms with Gasteiger partial charge < -0.3 is 15.5 Å². The molecule has 0 radical (unpaired) electrons. The van der Waals surface area contributed by atoms with Crippen molar-refractivity contribution in [3.05, 3.63) is 88.3 Å². The van der Waals surface area contributed by atoms with Gasteiger partial charge in [0.2, 0.25) is 0 Å². The van der Waals surface area contributed by atoms with Crippen LogP contribution in [0, 0.1) is 5.41 Å². The predicted octanol–water partition coefficient (Wildman–Crippen LogP) is 6.76. The van der Waals surface area contributed by atoms with Crippen molar-refractivity contribution in [2.45, 2.75) is 32.7 Å². The summed E-state index contributed by atoms with van der Waals surface area (Å²) >= 11 is 7.63. The van der Waals surface area contributed by atoms with Crippen LogP contribution < -0.4 is 15.5 Å². The Labute approximate surface area is 198 Å². The molecule has 1 atom stereocenters. The number of allylic oxidation sites excluding steroid dienone is 1. The molecule has 4 nitrogen and oxygen atoms in total. The highest BCUT2D eigenvalue weighted by atomic mass is 32.1. The van der Waals surface area contributed by atoms with Crippen molar-refractivity contribution < 1.29 is 4.79 Å². The molecule has 32 heavy (non-hydrogen) atoms. The van der Waals surface area contributed by atoms with Crippen molar-refractivity contribution >= 4 is 51.5 Å². The normalized spacial score (nSPS) is 19.5. The SMILES string of the molecule is CC1(C)CC(=O)C2=C(C1)Nc1ccccc1N(C(=S)Nc1ccccc1)C2c1cccs1.